The van der Waals surface area contributed by atoms with E-state index in [-0.39, 0.29) is 0 Å². The molecule has 0 heterocycles. The van der Waals surface area contributed by atoms with Crippen molar-refractivity contribution in [2.75, 3.05) is 0 Å². The quantitative estimate of drug-likeness (QED) is 0.281. The molecule has 0 aromatic heterocycles. The molecule has 0 bridgehead atoms. The topological polar surface area (TPSA) is 12.4 Å². The Kier molecular flexibility index (Phi) is 5.43. The Morgan fingerprint density at radius 3 is 2.50 bits per heavy atom. The predicted molar refractivity (Wildman–Crippen MR) is 33.2 cm³/mol. The minimum atomic E-state index is 0.583. The maximum atomic E-state index is 4.40. The van der Waals surface area contributed by atoms with Gasteiger partial charge in [0.1, 0.15) is 0 Å². The van der Waals surface area contributed by atoms with Gasteiger partial charge < -0.3 is 0 Å². The van der Waals surface area contributed by atoms with Gasteiger partial charge in [-0.15, -0.1) is 0 Å². The average Bonchev–Trinajstić information content (AvgIpc) is 1.61. The molecule has 0 fully saturated rings. The summed E-state index contributed by atoms with van der Waals surface area (Å²) >= 11 is 8.59. The second kappa shape index (κ2) is 5.23. The molecule has 0 rings (SSSR count). The Balaban J connectivity index is 3.88. The first-order chi connectivity index (χ1) is 2.91. The van der Waals surface area contributed by atoms with E-state index in [1.54, 1.807) is 0 Å². The second-order valence-electron chi connectivity index (χ2n) is 0.394. The van der Waals surface area contributed by atoms with Crippen molar-refractivity contribution in [3.05, 3.63) is 0 Å². The van der Waals surface area contributed by atoms with Crippen molar-refractivity contribution in [1.82, 2.24) is 0 Å². The van der Waals surface area contributed by atoms with Crippen LogP contribution in [0.3, 0.4) is 0 Å². The van der Waals surface area contributed by atoms with E-state index >= 15 is 0 Å². The number of isothiocyanates is 1. The van der Waals surface area contributed by atoms with Gasteiger partial charge in [-0.1, -0.05) is 0 Å². The van der Waals surface area contributed by atoms with Crippen molar-refractivity contribution in [3.63, 3.8) is 0 Å². The summed E-state index contributed by atoms with van der Waals surface area (Å²) in [5.41, 5.74) is 0. The molecule has 0 aliphatic carbocycles. The van der Waals surface area contributed by atoms with Crippen molar-refractivity contribution < 1.29 is 0 Å². The van der Waals surface area contributed by atoms with Crippen LogP contribution in [0.4, 0.5) is 0 Å². The van der Waals surface area contributed by atoms with Gasteiger partial charge in [-0.2, -0.15) is 0 Å². The van der Waals surface area contributed by atoms with E-state index in [1.807, 2.05) is 0 Å². The van der Waals surface area contributed by atoms with E-state index in [0.29, 0.717) is 6.81 Å². The molecule has 0 atom stereocenters. The van der Waals surface area contributed by atoms with Gasteiger partial charge in [0, 0.05) is 0 Å². The summed E-state index contributed by atoms with van der Waals surface area (Å²) in [7, 11) is 0. The molecule has 0 aromatic rings. The Bertz CT molecular complexity index is 161. The number of hydrogen-bond donors (Lipinski definition) is 0. The van der Waals surface area contributed by atoms with Gasteiger partial charge >= 0.3 is 46.7 Å². The fraction of sp³-hybridized carbons (Fsp3) is 0. The SMILES string of the molecule is S=C=NC#P=S. The van der Waals surface area contributed by atoms with Crippen LogP contribution in [0.15, 0.2) is 4.99 Å². The number of aliphatic imine (C=N–C) groups is 1. The second-order valence-corrected chi connectivity index (χ2v) is 1.51. The summed E-state index contributed by atoms with van der Waals surface area (Å²) in [5.74, 6) is 2.39. The fourth-order valence-corrected chi connectivity index (χ4v) is 0.367. The molecule has 0 spiro atoms. The Morgan fingerprint density at radius 2 is 2.33 bits per heavy atom. The van der Waals surface area contributed by atoms with Crippen LogP contribution in [0.25, 0.3) is 0 Å². The van der Waals surface area contributed by atoms with Crippen molar-refractivity contribution >= 4 is 36.0 Å². The predicted octanol–water partition coefficient (Wildman–Crippen LogP) is 1.41. The third kappa shape index (κ3) is 4.23. The maximum absolute atomic E-state index is 4.40. The fourth-order valence-electron chi connectivity index (χ4n) is 0.0408. The van der Waals surface area contributed by atoms with Crippen LogP contribution in [0.2, 0.25) is 0 Å². The summed E-state index contributed by atoms with van der Waals surface area (Å²) in [4.78, 5) is 3.29. The monoisotopic (exact) mass is 133 g/mol. The minimum absolute atomic E-state index is 0.583. The zero-order chi connectivity index (χ0) is 4.83. The first-order valence-electron chi connectivity index (χ1n) is 1.06. The molecular weight excluding hydrogens is 133 g/mol. The number of nitrogens with zero attached hydrogens (tertiary/aromatic N) is 1. The van der Waals surface area contributed by atoms with Gasteiger partial charge in [-0.25, -0.2) is 0 Å². The molecule has 0 unspecified atom stereocenters. The van der Waals surface area contributed by atoms with Gasteiger partial charge in [-0.05, 0) is 0 Å². The summed E-state index contributed by atoms with van der Waals surface area (Å²) in [5, 5.41) is 2.09. The Morgan fingerprint density at radius 1 is 1.67 bits per heavy atom. The molecule has 4 heteroatoms. The number of hydrogen-bond acceptors (Lipinski definition) is 3. The molecule has 0 amide bonds. The molecule has 0 aliphatic rings. The zero-order valence-corrected chi connectivity index (χ0v) is 5.24. The van der Waals surface area contributed by atoms with Crippen LogP contribution in [0.5, 0.6) is 0 Å². The molecule has 6 heavy (non-hydrogen) atoms. The van der Waals surface area contributed by atoms with E-state index in [1.165, 1.54) is 0 Å². The first-order valence-corrected chi connectivity index (χ1v) is 3.37. The van der Waals surface area contributed by atoms with Crippen LogP contribution >= 0.6 is 19.0 Å². The molecular formula is C2NPS2. The van der Waals surface area contributed by atoms with Crippen molar-refractivity contribution in [2.45, 2.75) is 0 Å². The van der Waals surface area contributed by atoms with E-state index in [9.17, 15) is 0 Å². The Hall–Kier alpha value is 0.230. The summed E-state index contributed by atoms with van der Waals surface area (Å²) < 4.78 is 0. The third-order valence-corrected chi connectivity index (χ3v) is 0.654. The molecule has 1 nitrogen and oxygen atoms in total. The van der Waals surface area contributed by atoms with E-state index < -0.39 is 0 Å². The molecule has 0 N–H and O–H groups in total. The zero-order valence-electron chi connectivity index (χ0n) is 2.71. The van der Waals surface area contributed by atoms with Gasteiger partial charge in [0.05, 0.1) is 0 Å². The van der Waals surface area contributed by atoms with Gasteiger partial charge in [0.15, 0.2) is 0 Å². The summed E-state index contributed by atoms with van der Waals surface area (Å²) in [6, 6.07) is 0. The van der Waals surface area contributed by atoms with Crippen LogP contribution < -0.4 is 0 Å². The summed E-state index contributed by atoms with van der Waals surface area (Å²) in [6.45, 7) is 0.583. The van der Waals surface area contributed by atoms with Gasteiger partial charge in [0.2, 0.25) is 0 Å². The molecule has 30 valence electrons. The molecule has 0 saturated heterocycles. The van der Waals surface area contributed by atoms with E-state index in [0.717, 1.165) is 0 Å². The Labute approximate surface area is 47.2 Å². The molecule has 0 aliphatic heterocycles. The van der Waals surface area contributed by atoms with Crippen LogP contribution in [0, 0.1) is 5.75 Å². The summed E-state index contributed by atoms with van der Waals surface area (Å²) in [6.07, 6.45) is 0. The van der Waals surface area contributed by atoms with Crippen molar-refractivity contribution in [2.24, 2.45) is 4.99 Å². The van der Waals surface area contributed by atoms with Gasteiger partial charge in [0.25, 0.3) is 0 Å². The average molecular weight is 133 g/mol. The van der Waals surface area contributed by atoms with Crippen LogP contribution in [-0.4, -0.2) is 5.16 Å². The molecule has 0 aromatic carbocycles. The molecule has 0 radical (unpaired) electrons. The van der Waals surface area contributed by atoms with Crippen molar-refractivity contribution in [3.8, 4) is 5.75 Å². The third-order valence-electron chi connectivity index (χ3n) is 0.136. The van der Waals surface area contributed by atoms with E-state index in [2.05, 4.69) is 39.9 Å². The van der Waals surface area contributed by atoms with Crippen molar-refractivity contribution in [1.29, 1.82) is 0 Å². The first kappa shape index (κ1) is 6.23. The van der Waals surface area contributed by atoms with Crippen LogP contribution in [0.1, 0.15) is 0 Å². The normalized spacial score (nSPS) is 4.67. The standard InChI is InChI=1S/C2NPS2/c5-2-3-1-4-6. The number of thiocarbonyl (C=S) groups is 1. The van der Waals surface area contributed by atoms with Crippen LogP contribution in [-0.2, 0) is 11.8 Å². The van der Waals surface area contributed by atoms with E-state index in [4.69, 9.17) is 0 Å². The van der Waals surface area contributed by atoms with Gasteiger partial charge in [-0.3, -0.25) is 0 Å². The number of rotatable bonds is 0. The molecule has 0 saturated carbocycles.